The Hall–Kier alpha value is -3.32. The molecule has 146 valence electrons. The molecule has 1 saturated heterocycles. The van der Waals surface area contributed by atoms with E-state index in [1.54, 1.807) is 0 Å². The van der Waals surface area contributed by atoms with Crippen molar-refractivity contribution in [3.05, 3.63) is 72.4 Å². The van der Waals surface area contributed by atoms with Gasteiger partial charge in [0.1, 0.15) is 0 Å². The summed E-state index contributed by atoms with van der Waals surface area (Å²) in [6, 6.07) is 20.7. The van der Waals surface area contributed by atoms with Gasteiger partial charge in [0.05, 0.1) is 12.2 Å². The molecule has 0 N–H and O–H groups in total. The van der Waals surface area contributed by atoms with Crippen molar-refractivity contribution in [1.29, 1.82) is 0 Å². The topological polar surface area (TPSA) is 72.9 Å². The number of piperidine rings is 1. The van der Waals surface area contributed by atoms with Crippen molar-refractivity contribution in [2.75, 3.05) is 13.1 Å². The van der Waals surface area contributed by atoms with Crippen molar-refractivity contribution >= 4 is 0 Å². The van der Waals surface area contributed by atoms with E-state index < -0.39 is 0 Å². The van der Waals surface area contributed by atoms with Crippen molar-refractivity contribution in [3.63, 3.8) is 0 Å². The highest BCUT2D eigenvalue weighted by molar-refractivity contribution is 5.56. The minimum Gasteiger partial charge on any atom is -0.334 e. The van der Waals surface area contributed by atoms with E-state index in [0.717, 1.165) is 38.0 Å². The van der Waals surface area contributed by atoms with Crippen LogP contribution in [0.1, 0.15) is 24.4 Å². The van der Waals surface area contributed by atoms with Crippen LogP contribution >= 0.6 is 0 Å². The van der Waals surface area contributed by atoms with Crippen molar-refractivity contribution in [3.8, 4) is 23.0 Å². The van der Waals surface area contributed by atoms with Gasteiger partial charge in [-0.1, -0.05) is 58.9 Å². The van der Waals surface area contributed by atoms with E-state index in [4.69, 9.17) is 4.52 Å². The molecule has 5 rings (SSSR count). The van der Waals surface area contributed by atoms with Gasteiger partial charge in [0, 0.05) is 25.2 Å². The highest BCUT2D eigenvalue weighted by Gasteiger charge is 2.23. The summed E-state index contributed by atoms with van der Waals surface area (Å²) in [4.78, 5) is 6.96. The maximum Gasteiger partial charge on any atom is 0.258 e. The second kappa shape index (κ2) is 7.97. The number of likely N-dealkylation sites (tertiary alicyclic amines) is 1. The lowest BCUT2D eigenvalue weighted by atomic mass is 10.0. The first kappa shape index (κ1) is 17.8. The predicted molar refractivity (Wildman–Crippen MR) is 109 cm³/mol. The maximum absolute atomic E-state index is 5.39. The molecule has 0 bridgehead atoms. The molecule has 0 atom stereocenters. The smallest absolute Gasteiger partial charge is 0.258 e. The number of nitrogens with zero attached hydrogens (tertiary/aromatic N) is 6. The fraction of sp³-hybridized carbons (Fsp3) is 0.273. The zero-order chi connectivity index (χ0) is 19.5. The number of hydrogen-bond donors (Lipinski definition) is 0. The average molecular weight is 386 g/mol. The molecule has 0 aliphatic carbocycles. The van der Waals surface area contributed by atoms with Gasteiger partial charge < -0.3 is 4.52 Å². The Bertz CT molecular complexity index is 1050. The first-order valence-corrected chi connectivity index (χ1v) is 9.93. The Morgan fingerprint density at radius 1 is 0.931 bits per heavy atom. The molecule has 0 amide bonds. The summed E-state index contributed by atoms with van der Waals surface area (Å²) < 4.78 is 7.34. The highest BCUT2D eigenvalue weighted by atomic mass is 16.5. The van der Waals surface area contributed by atoms with E-state index in [0.29, 0.717) is 23.5 Å². The number of rotatable bonds is 5. The van der Waals surface area contributed by atoms with E-state index in [1.807, 2.05) is 41.2 Å². The van der Waals surface area contributed by atoms with Gasteiger partial charge in [-0.25, -0.2) is 4.68 Å². The molecule has 2 aromatic heterocycles. The second-order valence-corrected chi connectivity index (χ2v) is 7.37. The van der Waals surface area contributed by atoms with Crippen LogP contribution in [0.3, 0.4) is 0 Å². The minimum absolute atomic E-state index is 0.351. The van der Waals surface area contributed by atoms with Gasteiger partial charge in [-0.05, 0) is 30.5 Å². The molecule has 7 nitrogen and oxygen atoms in total. The Morgan fingerprint density at radius 3 is 2.41 bits per heavy atom. The van der Waals surface area contributed by atoms with E-state index in [9.17, 15) is 0 Å². The zero-order valence-corrected chi connectivity index (χ0v) is 16.1. The maximum atomic E-state index is 5.39. The van der Waals surface area contributed by atoms with Gasteiger partial charge in [0.2, 0.25) is 5.82 Å². The average Bonchev–Trinajstić information content (AvgIpc) is 3.46. The van der Waals surface area contributed by atoms with Crippen molar-refractivity contribution in [1.82, 2.24) is 30.0 Å². The molecule has 1 fully saturated rings. The van der Waals surface area contributed by atoms with Crippen LogP contribution < -0.4 is 0 Å². The Labute approximate surface area is 169 Å². The van der Waals surface area contributed by atoms with Crippen molar-refractivity contribution < 1.29 is 4.52 Å². The summed E-state index contributed by atoms with van der Waals surface area (Å²) >= 11 is 0. The van der Waals surface area contributed by atoms with Gasteiger partial charge in [0.25, 0.3) is 5.89 Å². The van der Waals surface area contributed by atoms with Crippen LogP contribution in [0.2, 0.25) is 0 Å². The summed E-state index contributed by atoms with van der Waals surface area (Å²) in [6.07, 6.45) is 4.03. The first-order valence-electron chi connectivity index (χ1n) is 9.93. The van der Waals surface area contributed by atoms with Crippen LogP contribution in [0.15, 0.2) is 71.4 Å². The van der Waals surface area contributed by atoms with E-state index >= 15 is 0 Å². The number of aromatic nitrogens is 5. The Morgan fingerprint density at radius 2 is 1.66 bits per heavy atom. The molecule has 4 aromatic rings. The lowest BCUT2D eigenvalue weighted by molar-refractivity contribution is 0.172. The third kappa shape index (κ3) is 3.95. The van der Waals surface area contributed by atoms with Crippen LogP contribution in [0.4, 0.5) is 0 Å². The third-order valence-corrected chi connectivity index (χ3v) is 5.37. The molecule has 0 unspecified atom stereocenters. The standard InChI is InChI=1S/C22H22N6O/c1-3-7-17(8-4-1)15-27-13-11-19(12-14-27)28-16-20(24-26-28)21-23-22(29-25-21)18-9-5-2-6-10-18/h1-10,16,19H,11-15H2. The normalized spacial score (nSPS) is 15.6. The molecule has 2 aromatic carbocycles. The molecule has 1 aliphatic rings. The van der Waals surface area contributed by atoms with Crippen LogP contribution in [0.25, 0.3) is 23.0 Å². The van der Waals surface area contributed by atoms with Gasteiger partial charge in [-0.3, -0.25) is 4.90 Å². The highest BCUT2D eigenvalue weighted by Crippen LogP contribution is 2.25. The second-order valence-electron chi connectivity index (χ2n) is 7.37. The lowest BCUT2D eigenvalue weighted by Crippen LogP contribution is -2.34. The fourth-order valence-corrected chi connectivity index (χ4v) is 3.77. The van der Waals surface area contributed by atoms with E-state index in [-0.39, 0.29) is 0 Å². The third-order valence-electron chi connectivity index (χ3n) is 5.37. The lowest BCUT2D eigenvalue weighted by Gasteiger charge is -2.31. The minimum atomic E-state index is 0.351. The first-order chi connectivity index (χ1) is 14.3. The summed E-state index contributed by atoms with van der Waals surface area (Å²) in [5.74, 6) is 0.959. The monoisotopic (exact) mass is 386 g/mol. The van der Waals surface area contributed by atoms with Crippen molar-refractivity contribution in [2.45, 2.75) is 25.4 Å². The zero-order valence-electron chi connectivity index (χ0n) is 16.1. The summed E-state index contributed by atoms with van der Waals surface area (Å²) in [5, 5.41) is 12.7. The van der Waals surface area contributed by atoms with Gasteiger partial charge in [-0.2, -0.15) is 4.98 Å². The Balaban J connectivity index is 1.23. The Kier molecular flexibility index (Phi) is 4.88. The molecule has 1 aliphatic heterocycles. The van der Waals surface area contributed by atoms with Gasteiger partial charge >= 0.3 is 0 Å². The molecule has 7 heteroatoms. The SMILES string of the molecule is c1ccc(CN2CCC(n3cc(-c4noc(-c5ccccc5)n4)nn3)CC2)cc1. The molecule has 0 saturated carbocycles. The molecular weight excluding hydrogens is 364 g/mol. The van der Waals surface area contributed by atoms with E-state index in [1.165, 1.54) is 5.56 Å². The molecule has 29 heavy (non-hydrogen) atoms. The van der Waals surface area contributed by atoms with Crippen LogP contribution in [-0.4, -0.2) is 43.1 Å². The predicted octanol–water partition coefficient (Wildman–Crippen LogP) is 3.83. The summed E-state index contributed by atoms with van der Waals surface area (Å²) in [5.41, 5.74) is 2.90. The number of hydrogen-bond acceptors (Lipinski definition) is 6. The van der Waals surface area contributed by atoms with Crippen LogP contribution in [0.5, 0.6) is 0 Å². The summed E-state index contributed by atoms with van der Waals surface area (Å²) in [7, 11) is 0. The van der Waals surface area contributed by atoms with E-state index in [2.05, 4.69) is 55.7 Å². The van der Waals surface area contributed by atoms with Crippen molar-refractivity contribution in [2.24, 2.45) is 0 Å². The summed E-state index contributed by atoms with van der Waals surface area (Å²) in [6.45, 7) is 3.10. The van der Waals surface area contributed by atoms with Crippen LogP contribution in [0, 0.1) is 0 Å². The molecule has 3 heterocycles. The van der Waals surface area contributed by atoms with Gasteiger partial charge in [0.15, 0.2) is 5.69 Å². The quantitative estimate of drug-likeness (QED) is 0.519. The molecular formula is C22H22N6O. The van der Waals surface area contributed by atoms with Gasteiger partial charge in [-0.15, -0.1) is 5.10 Å². The largest absolute Gasteiger partial charge is 0.334 e. The molecule has 0 spiro atoms. The number of benzene rings is 2. The fourth-order valence-electron chi connectivity index (χ4n) is 3.77. The molecule has 0 radical (unpaired) electrons. The van der Waals surface area contributed by atoms with Crippen LogP contribution in [-0.2, 0) is 6.54 Å².